The molecule has 0 saturated carbocycles. The van der Waals surface area contributed by atoms with Gasteiger partial charge in [-0.05, 0) is 69.2 Å². The van der Waals surface area contributed by atoms with Gasteiger partial charge in [0, 0.05) is 17.9 Å². The summed E-state index contributed by atoms with van der Waals surface area (Å²) < 4.78 is 10.8. The van der Waals surface area contributed by atoms with Gasteiger partial charge in [-0.25, -0.2) is 0 Å². The van der Waals surface area contributed by atoms with E-state index >= 15 is 0 Å². The summed E-state index contributed by atoms with van der Waals surface area (Å²) in [5, 5.41) is 6.10. The van der Waals surface area contributed by atoms with Crippen LogP contribution in [0.1, 0.15) is 34.0 Å². The topological polar surface area (TPSA) is 59.6 Å². The van der Waals surface area contributed by atoms with Gasteiger partial charge in [0.2, 0.25) is 0 Å². The van der Waals surface area contributed by atoms with Crippen LogP contribution in [-0.4, -0.2) is 30.8 Å². The molecule has 27 heavy (non-hydrogen) atoms. The molecule has 2 N–H and O–H groups in total. The lowest BCUT2D eigenvalue weighted by atomic mass is 10.1. The Labute approximate surface area is 166 Å². The summed E-state index contributed by atoms with van der Waals surface area (Å²) in [6.07, 6.45) is 0. The standard InChI is InChI=1S/C21H26N2O3S/c1-5-25-9-10-26-18-8-6-7-17(13-18)20(24)23-21(27)22-19-15(3)11-14(2)12-16(19)4/h6-8,11-13H,5,9-10H2,1-4H3,(H2,22,23,24,27). The predicted molar refractivity (Wildman–Crippen MR) is 113 cm³/mol. The fourth-order valence-corrected chi connectivity index (χ4v) is 2.98. The lowest BCUT2D eigenvalue weighted by molar-refractivity contribution is 0.0976. The monoisotopic (exact) mass is 386 g/mol. The van der Waals surface area contributed by atoms with E-state index in [1.54, 1.807) is 24.3 Å². The first-order chi connectivity index (χ1) is 12.9. The molecule has 0 aromatic heterocycles. The summed E-state index contributed by atoms with van der Waals surface area (Å²) >= 11 is 5.31. The first kappa shape index (κ1) is 20.9. The molecule has 2 aromatic carbocycles. The van der Waals surface area contributed by atoms with E-state index in [4.69, 9.17) is 21.7 Å². The number of ether oxygens (including phenoxy) is 2. The highest BCUT2D eigenvalue weighted by molar-refractivity contribution is 7.80. The van der Waals surface area contributed by atoms with Crippen LogP contribution in [0.25, 0.3) is 0 Å². The minimum atomic E-state index is -0.287. The van der Waals surface area contributed by atoms with Crippen LogP contribution in [0.3, 0.4) is 0 Å². The maximum absolute atomic E-state index is 12.5. The van der Waals surface area contributed by atoms with Crippen LogP contribution in [0.15, 0.2) is 36.4 Å². The van der Waals surface area contributed by atoms with Crippen molar-refractivity contribution in [1.82, 2.24) is 5.32 Å². The van der Waals surface area contributed by atoms with Crippen LogP contribution in [0.2, 0.25) is 0 Å². The van der Waals surface area contributed by atoms with E-state index in [0.717, 1.165) is 16.8 Å². The van der Waals surface area contributed by atoms with Crippen molar-refractivity contribution in [3.05, 3.63) is 58.7 Å². The van der Waals surface area contributed by atoms with Gasteiger partial charge in [0.15, 0.2) is 5.11 Å². The molecule has 0 atom stereocenters. The van der Waals surface area contributed by atoms with E-state index in [9.17, 15) is 4.79 Å². The molecule has 0 radical (unpaired) electrons. The van der Waals surface area contributed by atoms with Crippen molar-refractivity contribution in [2.75, 3.05) is 25.1 Å². The lowest BCUT2D eigenvalue weighted by Crippen LogP contribution is -2.34. The molecule has 0 spiro atoms. The van der Waals surface area contributed by atoms with Crippen LogP contribution in [-0.2, 0) is 4.74 Å². The number of carbonyl (C=O) groups is 1. The highest BCUT2D eigenvalue weighted by atomic mass is 32.1. The number of benzene rings is 2. The maximum Gasteiger partial charge on any atom is 0.257 e. The number of hydrogen-bond donors (Lipinski definition) is 2. The summed E-state index contributed by atoms with van der Waals surface area (Å²) in [6, 6.07) is 11.1. The van der Waals surface area contributed by atoms with Gasteiger partial charge in [-0.2, -0.15) is 0 Å². The predicted octanol–water partition coefficient (Wildman–Crippen LogP) is 4.15. The molecule has 2 aromatic rings. The average Bonchev–Trinajstić information content (AvgIpc) is 2.62. The van der Waals surface area contributed by atoms with Gasteiger partial charge in [0.1, 0.15) is 12.4 Å². The smallest absolute Gasteiger partial charge is 0.257 e. The zero-order chi connectivity index (χ0) is 19.8. The van der Waals surface area contributed by atoms with Gasteiger partial charge in [0.05, 0.1) is 6.61 Å². The Hall–Kier alpha value is -2.44. The first-order valence-corrected chi connectivity index (χ1v) is 9.32. The molecule has 0 saturated heterocycles. The second-order valence-electron chi connectivity index (χ2n) is 6.26. The molecular formula is C21H26N2O3S. The van der Waals surface area contributed by atoms with E-state index < -0.39 is 0 Å². The van der Waals surface area contributed by atoms with Gasteiger partial charge < -0.3 is 14.8 Å². The van der Waals surface area contributed by atoms with Gasteiger partial charge in [-0.3, -0.25) is 10.1 Å². The summed E-state index contributed by atoms with van der Waals surface area (Å²) in [5.41, 5.74) is 4.73. The molecule has 1 amide bonds. The zero-order valence-corrected chi connectivity index (χ0v) is 17.0. The van der Waals surface area contributed by atoms with Crippen molar-refractivity contribution < 1.29 is 14.3 Å². The van der Waals surface area contributed by atoms with Crippen LogP contribution < -0.4 is 15.4 Å². The molecule has 5 nitrogen and oxygen atoms in total. The Morgan fingerprint density at radius 2 is 1.78 bits per heavy atom. The molecule has 2 rings (SSSR count). The molecule has 0 bridgehead atoms. The molecule has 0 fully saturated rings. The molecule has 0 heterocycles. The van der Waals surface area contributed by atoms with E-state index in [1.165, 1.54) is 5.56 Å². The van der Waals surface area contributed by atoms with E-state index in [2.05, 4.69) is 22.8 Å². The number of anilines is 1. The summed E-state index contributed by atoms with van der Waals surface area (Å²) in [7, 11) is 0. The Morgan fingerprint density at radius 3 is 2.44 bits per heavy atom. The Balaban J connectivity index is 1.97. The summed E-state index contributed by atoms with van der Waals surface area (Å²) in [6.45, 7) is 9.59. The summed E-state index contributed by atoms with van der Waals surface area (Å²) in [5.74, 6) is 0.330. The Morgan fingerprint density at radius 1 is 1.07 bits per heavy atom. The fraction of sp³-hybridized carbons (Fsp3) is 0.333. The molecular weight excluding hydrogens is 360 g/mol. The summed E-state index contributed by atoms with van der Waals surface area (Å²) in [4.78, 5) is 12.5. The van der Waals surface area contributed by atoms with Crippen molar-refractivity contribution >= 4 is 28.9 Å². The van der Waals surface area contributed by atoms with Crippen molar-refractivity contribution in [1.29, 1.82) is 0 Å². The molecule has 0 aliphatic carbocycles. The van der Waals surface area contributed by atoms with Gasteiger partial charge in [-0.15, -0.1) is 0 Å². The Bertz CT molecular complexity index is 798. The largest absolute Gasteiger partial charge is 0.491 e. The quantitative estimate of drug-likeness (QED) is 0.553. The van der Waals surface area contributed by atoms with E-state index in [0.29, 0.717) is 31.1 Å². The van der Waals surface area contributed by atoms with E-state index in [1.807, 2.05) is 27.7 Å². The molecule has 0 aliphatic rings. The third kappa shape index (κ3) is 6.34. The lowest BCUT2D eigenvalue weighted by Gasteiger charge is -2.15. The van der Waals surface area contributed by atoms with Crippen LogP contribution in [0, 0.1) is 20.8 Å². The number of aryl methyl sites for hydroxylation is 3. The van der Waals surface area contributed by atoms with Crippen molar-refractivity contribution in [2.24, 2.45) is 0 Å². The van der Waals surface area contributed by atoms with Gasteiger partial charge >= 0.3 is 0 Å². The number of hydrogen-bond acceptors (Lipinski definition) is 4. The number of thiocarbonyl (C=S) groups is 1. The van der Waals surface area contributed by atoms with Crippen molar-refractivity contribution in [3.8, 4) is 5.75 Å². The minimum absolute atomic E-state index is 0.262. The second-order valence-corrected chi connectivity index (χ2v) is 6.66. The molecule has 6 heteroatoms. The maximum atomic E-state index is 12.5. The molecule has 0 unspecified atom stereocenters. The van der Waals surface area contributed by atoms with Crippen LogP contribution >= 0.6 is 12.2 Å². The van der Waals surface area contributed by atoms with Gasteiger partial charge in [0.25, 0.3) is 5.91 Å². The number of amides is 1. The first-order valence-electron chi connectivity index (χ1n) is 8.91. The highest BCUT2D eigenvalue weighted by Crippen LogP contribution is 2.22. The van der Waals surface area contributed by atoms with Crippen molar-refractivity contribution in [2.45, 2.75) is 27.7 Å². The van der Waals surface area contributed by atoms with Crippen LogP contribution in [0.4, 0.5) is 5.69 Å². The number of carbonyl (C=O) groups excluding carboxylic acids is 1. The molecule has 0 aliphatic heterocycles. The highest BCUT2D eigenvalue weighted by Gasteiger charge is 2.11. The Kier molecular flexibility index (Phi) is 7.76. The normalized spacial score (nSPS) is 10.4. The number of nitrogens with one attached hydrogen (secondary N) is 2. The van der Waals surface area contributed by atoms with Gasteiger partial charge in [-0.1, -0.05) is 23.8 Å². The average molecular weight is 387 g/mol. The number of rotatable bonds is 7. The van der Waals surface area contributed by atoms with E-state index in [-0.39, 0.29) is 11.0 Å². The van der Waals surface area contributed by atoms with Crippen molar-refractivity contribution in [3.63, 3.8) is 0 Å². The SMILES string of the molecule is CCOCCOc1cccc(C(=O)NC(=S)Nc2c(C)cc(C)cc2C)c1. The third-order valence-corrected chi connectivity index (χ3v) is 4.14. The fourth-order valence-electron chi connectivity index (χ4n) is 2.79. The third-order valence-electron chi connectivity index (χ3n) is 3.94. The zero-order valence-electron chi connectivity index (χ0n) is 16.2. The molecule has 144 valence electrons. The van der Waals surface area contributed by atoms with Crippen LogP contribution in [0.5, 0.6) is 5.75 Å². The second kappa shape index (κ2) is 10.0. The minimum Gasteiger partial charge on any atom is -0.491 e.